The number of aliphatic hydroxyl groups excluding tert-OH is 2. The van der Waals surface area contributed by atoms with Crippen LogP contribution in [-0.4, -0.2) is 47.4 Å². The van der Waals surface area contributed by atoms with Gasteiger partial charge in [0.2, 0.25) is 5.91 Å². The zero-order valence-electron chi connectivity index (χ0n) is 42.8. The topological polar surface area (TPSA) is 95.9 Å². The fourth-order valence-corrected chi connectivity index (χ4v) is 8.56. The predicted octanol–water partition coefficient (Wildman–Crippen LogP) is 17.2. The summed E-state index contributed by atoms with van der Waals surface area (Å²) in [5.41, 5.74) is 0. The Balaban J connectivity index is 3.53. The molecule has 6 heteroatoms. The summed E-state index contributed by atoms with van der Waals surface area (Å²) < 4.78 is 5.44. The number of hydrogen-bond donors (Lipinski definition) is 3. The maximum atomic E-state index is 12.5. The van der Waals surface area contributed by atoms with E-state index in [0.29, 0.717) is 25.9 Å². The van der Waals surface area contributed by atoms with Crippen molar-refractivity contribution in [2.24, 2.45) is 0 Å². The molecule has 0 aromatic rings. The van der Waals surface area contributed by atoms with Crippen molar-refractivity contribution in [3.05, 3.63) is 36.5 Å². The normalized spacial score (nSPS) is 12.9. The summed E-state index contributed by atoms with van der Waals surface area (Å²) in [7, 11) is 0. The largest absolute Gasteiger partial charge is 0.466 e. The lowest BCUT2D eigenvalue weighted by Crippen LogP contribution is -2.45. The highest BCUT2D eigenvalue weighted by atomic mass is 16.5. The van der Waals surface area contributed by atoms with E-state index in [9.17, 15) is 19.8 Å². The molecule has 0 aliphatic heterocycles. The Morgan fingerprint density at radius 2 is 0.797 bits per heavy atom. The molecular formula is C58H109NO5. The van der Waals surface area contributed by atoms with E-state index >= 15 is 0 Å². The van der Waals surface area contributed by atoms with Crippen LogP contribution in [0.5, 0.6) is 0 Å². The predicted molar refractivity (Wildman–Crippen MR) is 278 cm³/mol. The number of esters is 1. The molecule has 0 aromatic heterocycles. The van der Waals surface area contributed by atoms with Crippen LogP contribution in [0.4, 0.5) is 0 Å². The van der Waals surface area contributed by atoms with Crippen molar-refractivity contribution >= 4 is 11.9 Å². The van der Waals surface area contributed by atoms with E-state index in [4.69, 9.17) is 4.74 Å². The number of hydrogen-bond acceptors (Lipinski definition) is 5. The van der Waals surface area contributed by atoms with E-state index < -0.39 is 12.1 Å². The summed E-state index contributed by atoms with van der Waals surface area (Å²) in [4.78, 5) is 24.5. The first-order valence-corrected chi connectivity index (χ1v) is 28.2. The highest BCUT2D eigenvalue weighted by molar-refractivity contribution is 5.76. The molecule has 0 heterocycles. The first kappa shape index (κ1) is 62.1. The number of amides is 1. The molecule has 0 aromatic carbocycles. The molecule has 0 aliphatic carbocycles. The molecule has 0 radical (unpaired) electrons. The Hall–Kier alpha value is -1.92. The van der Waals surface area contributed by atoms with Gasteiger partial charge in [0, 0.05) is 12.8 Å². The highest BCUT2D eigenvalue weighted by Crippen LogP contribution is 2.17. The molecule has 1 amide bonds. The second-order valence-electron chi connectivity index (χ2n) is 19.3. The van der Waals surface area contributed by atoms with Crippen LogP contribution in [-0.2, 0) is 14.3 Å². The van der Waals surface area contributed by atoms with Crippen molar-refractivity contribution in [2.75, 3.05) is 13.2 Å². The van der Waals surface area contributed by atoms with E-state index in [-0.39, 0.29) is 18.5 Å². The van der Waals surface area contributed by atoms with Crippen LogP contribution in [0.25, 0.3) is 0 Å². The molecule has 0 aliphatic rings. The van der Waals surface area contributed by atoms with E-state index in [1.54, 1.807) is 0 Å². The Kier molecular flexibility index (Phi) is 52.1. The molecule has 0 saturated carbocycles. The molecule has 0 saturated heterocycles. The van der Waals surface area contributed by atoms with Gasteiger partial charge in [0.05, 0.1) is 25.4 Å². The minimum absolute atomic E-state index is 0.0492. The Labute approximate surface area is 398 Å². The monoisotopic (exact) mass is 900 g/mol. The van der Waals surface area contributed by atoms with Gasteiger partial charge in [0.25, 0.3) is 0 Å². The first-order chi connectivity index (χ1) is 31.5. The molecule has 376 valence electrons. The molecule has 3 N–H and O–H groups in total. The minimum Gasteiger partial charge on any atom is -0.466 e. The van der Waals surface area contributed by atoms with Gasteiger partial charge in [0.15, 0.2) is 0 Å². The Morgan fingerprint density at radius 3 is 1.27 bits per heavy atom. The third-order valence-electron chi connectivity index (χ3n) is 12.9. The molecule has 0 fully saturated rings. The van der Waals surface area contributed by atoms with E-state index in [0.717, 1.165) is 83.5 Å². The quantitative estimate of drug-likeness (QED) is 0.0321. The number of carbonyl (C=O) groups excluding carboxylic acids is 2. The van der Waals surface area contributed by atoms with Gasteiger partial charge in [-0.25, -0.2) is 0 Å². The summed E-state index contributed by atoms with van der Waals surface area (Å²) in [6.45, 7) is 4.84. The van der Waals surface area contributed by atoms with E-state index in [1.165, 1.54) is 180 Å². The van der Waals surface area contributed by atoms with Crippen LogP contribution in [0, 0.1) is 0 Å². The molecular weight excluding hydrogens is 791 g/mol. The number of rotatable bonds is 52. The van der Waals surface area contributed by atoms with Crippen molar-refractivity contribution < 1.29 is 24.5 Å². The standard InChI is InChI=1S/C58H109NO5/c1-3-5-7-9-11-13-15-17-19-20-21-22-23-24-25-26-28-29-31-34-38-42-46-50-56(61)55(54-60)59-57(62)51-47-43-39-35-33-37-41-45-49-53-64-58(63)52-48-44-40-36-32-30-27-18-16-14-12-10-8-6-4-2/h12,14,18,27,35,39,55-56,60-61H,3-11,13,15-17,19-26,28-34,36-38,40-54H2,1-2H3,(H,59,62)/b14-12-,27-18-,39-35-. The van der Waals surface area contributed by atoms with Gasteiger partial charge >= 0.3 is 5.97 Å². The van der Waals surface area contributed by atoms with Crippen molar-refractivity contribution in [3.63, 3.8) is 0 Å². The molecule has 0 rings (SSSR count). The number of allylic oxidation sites excluding steroid dienone is 6. The minimum atomic E-state index is -0.698. The number of nitrogens with one attached hydrogen (secondary N) is 1. The van der Waals surface area contributed by atoms with Crippen LogP contribution >= 0.6 is 0 Å². The number of unbranched alkanes of at least 4 members (excludes halogenated alkanes) is 35. The summed E-state index contributed by atoms with van der Waals surface area (Å²) in [5.74, 6) is -0.144. The molecule has 6 nitrogen and oxygen atoms in total. The smallest absolute Gasteiger partial charge is 0.305 e. The van der Waals surface area contributed by atoms with Crippen LogP contribution in [0.2, 0.25) is 0 Å². The van der Waals surface area contributed by atoms with Crippen molar-refractivity contribution in [3.8, 4) is 0 Å². The third kappa shape index (κ3) is 49.5. The van der Waals surface area contributed by atoms with Gasteiger partial charge in [-0.1, -0.05) is 243 Å². The van der Waals surface area contributed by atoms with Gasteiger partial charge in [-0.15, -0.1) is 0 Å². The Morgan fingerprint density at radius 1 is 0.438 bits per heavy atom. The summed E-state index contributed by atoms with van der Waals surface area (Å²) in [6.07, 6.45) is 65.7. The fraction of sp³-hybridized carbons (Fsp3) is 0.862. The van der Waals surface area contributed by atoms with Crippen LogP contribution in [0.15, 0.2) is 36.5 Å². The number of ether oxygens (including phenoxy) is 1. The second-order valence-corrected chi connectivity index (χ2v) is 19.3. The van der Waals surface area contributed by atoms with Gasteiger partial charge in [-0.2, -0.15) is 0 Å². The maximum absolute atomic E-state index is 12.5. The zero-order valence-corrected chi connectivity index (χ0v) is 42.8. The van der Waals surface area contributed by atoms with Crippen LogP contribution < -0.4 is 5.32 Å². The average Bonchev–Trinajstić information content (AvgIpc) is 3.29. The van der Waals surface area contributed by atoms with Gasteiger partial charge in [-0.05, 0) is 77.0 Å². The summed E-state index contributed by atoms with van der Waals surface area (Å²) in [6, 6.07) is -0.582. The summed E-state index contributed by atoms with van der Waals surface area (Å²) in [5, 5.41) is 23.3. The second kappa shape index (κ2) is 53.7. The van der Waals surface area contributed by atoms with Gasteiger partial charge in [0.1, 0.15) is 0 Å². The average molecular weight is 901 g/mol. The fourth-order valence-electron chi connectivity index (χ4n) is 8.56. The molecule has 64 heavy (non-hydrogen) atoms. The molecule has 2 atom stereocenters. The van der Waals surface area contributed by atoms with Crippen molar-refractivity contribution in [2.45, 2.75) is 309 Å². The van der Waals surface area contributed by atoms with Gasteiger partial charge in [-0.3, -0.25) is 9.59 Å². The maximum Gasteiger partial charge on any atom is 0.305 e. The van der Waals surface area contributed by atoms with E-state index in [2.05, 4.69) is 55.6 Å². The van der Waals surface area contributed by atoms with E-state index in [1.807, 2.05) is 0 Å². The van der Waals surface area contributed by atoms with Crippen molar-refractivity contribution in [1.82, 2.24) is 5.32 Å². The lowest BCUT2D eigenvalue weighted by Gasteiger charge is -2.22. The Bertz CT molecular complexity index is 1040. The lowest BCUT2D eigenvalue weighted by molar-refractivity contribution is -0.143. The first-order valence-electron chi connectivity index (χ1n) is 28.2. The van der Waals surface area contributed by atoms with Crippen LogP contribution in [0.1, 0.15) is 296 Å². The highest BCUT2D eigenvalue weighted by Gasteiger charge is 2.20. The van der Waals surface area contributed by atoms with Gasteiger partial charge < -0.3 is 20.3 Å². The number of aliphatic hydroxyl groups is 2. The molecule has 0 spiro atoms. The molecule has 0 bridgehead atoms. The van der Waals surface area contributed by atoms with Crippen LogP contribution in [0.3, 0.4) is 0 Å². The zero-order chi connectivity index (χ0) is 46.5. The number of carbonyl (C=O) groups is 2. The summed E-state index contributed by atoms with van der Waals surface area (Å²) >= 11 is 0. The third-order valence-corrected chi connectivity index (χ3v) is 12.9. The SMILES string of the molecule is CCCCC/C=C\C/C=C\CCCCCCCC(=O)OCCCCCC/C=C\CCCC(=O)NC(CO)C(O)CCCCCCCCCCCCCCCCCCCCCCCCC. The van der Waals surface area contributed by atoms with Crippen molar-refractivity contribution in [1.29, 1.82) is 0 Å². The molecule has 2 unspecified atom stereocenters. The lowest BCUT2D eigenvalue weighted by atomic mass is 10.0.